The molecule has 4 heteroatoms. The Kier molecular flexibility index (Phi) is 5.96. The van der Waals surface area contributed by atoms with Crippen molar-refractivity contribution in [3.63, 3.8) is 0 Å². The van der Waals surface area contributed by atoms with Crippen LogP contribution in [0.1, 0.15) is 18.1 Å². The molecule has 0 saturated carbocycles. The molecule has 0 heterocycles. The number of amides is 1. The zero-order valence-electron chi connectivity index (χ0n) is 12.0. The van der Waals surface area contributed by atoms with Crippen LogP contribution in [0.4, 0.5) is 5.69 Å². The van der Waals surface area contributed by atoms with Gasteiger partial charge in [-0.15, -0.1) is 0 Å². The smallest absolute Gasteiger partial charge is 0.228 e. The van der Waals surface area contributed by atoms with Crippen molar-refractivity contribution in [1.82, 2.24) is 5.32 Å². The van der Waals surface area contributed by atoms with E-state index in [-0.39, 0.29) is 5.91 Å². The largest absolute Gasteiger partial charge is 0.325 e. The third-order valence-electron chi connectivity index (χ3n) is 3.13. The van der Waals surface area contributed by atoms with Crippen LogP contribution in [0.5, 0.6) is 0 Å². The quantitative estimate of drug-likeness (QED) is 0.836. The number of halogens is 1. The van der Waals surface area contributed by atoms with Crippen LogP contribution in [0.25, 0.3) is 0 Å². The predicted molar refractivity (Wildman–Crippen MR) is 90.3 cm³/mol. The van der Waals surface area contributed by atoms with Crippen molar-refractivity contribution in [3.05, 3.63) is 64.1 Å². The third kappa shape index (κ3) is 4.99. The van der Waals surface area contributed by atoms with Gasteiger partial charge in [0.2, 0.25) is 5.91 Å². The number of hydrogen-bond acceptors (Lipinski definition) is 2. The van der Waals surface area contributed by atoms with Gasteiger partial charge >= 0.3 is 0 Å². The van der Waals surface area contributed by atoms with Crippen molar-refractivity contribution in [2.45, 2.75) is 19.9 Å². The van der Waals surface area contributed by atoms with Gasteiger partial charge in [0.15, 0.2) is 0 Å². The highest BCUT2D eigenvalue weighted by Gasteiger charge is 2.07. The Hall–Kier alpha value is -1.65. The van der Waals surface area contributed by atoms with Gasteiger partial charge in [-0.1, -0.05) is 53.2 Å². The molecule has 2 aromatic rings. The fourth-order valence-electron chi connectivity index (χ4n) is 2.04. The summed E-state index contributed by atoms with van der Waals surface area (Å²) in [6.07, 6.45) is 0.378. The summed E-state index contributed by atoms with van der Waals surface area (Å²) in [7, 11) is 0. The highest BCUT2D eigenvalue weighted by molar-refractivity contribution is 9.10. The number of benzene rings is 2. The number of para-hydroxylation sites is 1. The van der Waals surface area contributed by atoms with Gasteiger partial charge in [-0.3, -0.25) is 4.79 Å². The van der Waals surface area contributed by atoms with Crippen molar-refractivity contribution in [2.24, 2.45) is 0 Å². The molecule has 110 valence electrons. The molecule has 21 heavy (non-hydrogen) atoms. The zero-order valence-corrected chi connectivity index (χ0v) is 13.6. The van der Waals surface area contributed by atoms with E-state index in [1.807, 2.05) is 48.5 Å². The first-order valence-electron chi connectivity index (χ1n) is 7.02. The molecular formula is C17H19BrN2O. The van der Waals surface area contributed by atoms with Gasteiger partial charge in [-0.05, 0) is 35.9 Å². The second-order valence-electron chi connectivity index (χ2n) is 4.79. The van der Waals surface area contributed by atoms with Crippen molar-refractivity contribution < 1.29 is 4.79 Å². The average molecular weight is 347 g/mol. The van der Waals surface area contributed by atoms with Crippen LogP contribution < -0.4 is 10.6 Å². The van der Waals surface area contributed by atoms with Crippen molar-refractivity contribution in [1.29, 1.82) is 0 Å². The minimum absolute atomic E-state index is 0.00118. The van der Waals surface area contributed by atoms with Gasteiger partial charge in [-0.25, -0.2) is 0 Å². The summed E-state index contributed by atoms with van der Waals surface area (Å²) in [6, 6.07) is 15.7. The van der Waals surface area contributed by atoms with Crippen molar-refractivity contribution in [3.8, 4) is 0 Å². The second kappa shape index (κ2) is 7.96. The Labute approximate surface area is 133 Å². The maximum atomic E-state index is 12.1. The van der Waals surface area contributed by atoms with Crippen LogP contribution in [0.15, 0.2) is 53.0 Å². The van der Waals surface area contributed by atoms with E-state index in [4.69, 9.17) is 0 Å². The summed E-state index contributed by atoms with van der Waals surface area (Å²) in [5, 5.41) is 6.27. The van der Waals surface area contributed by atoms with Crippen LogP contribution in [-0.4, -0.2) is 12.5 Å². The molecule has 0 unspecified atom stereocenters. The lowest BCUT2D eigenvalue weighted by Crippen LogP contribution is -2.18. The highest BCUT2D eigenvalue weighted by atomic mass is 79.9. The van der Waals surface area contributed by atoms with E-state index in [2.05, 4.69) is 33.5 Å². The topological polar surface area (TPSA) is 41.1 Å². The molecular weight excluding hydrogens is 328 g/mol. The highest BCUT2D eigenvalue weighted by Crippen LogP contribution is 2.16. The molecule has 2 rings (SSSR count). The molecule has 0 aromatic heterocycles. The van der Waals surface area contributed by atoms with Gasteiger partial charge in [0.25, 0.3) is 0 Å². The van der Waals surface area contributed by atoms with Crippen LogP contribution in [0, 0.1) is 0 Å². The molecule has 3 nitrogen and oxygen atoms in total. The first kappa shape index (κ1) is 15.7. The van der Waals surface area contributed by atoms with Crippen molar-refractivity contribution >= 4 is 27.5 Å². The fourth-order valence-corrected chi connectivity index (χ4v) is 2.30. The van der Waals surface area contributed by atoms with E-state index >= 15 is 0 Å². The van der Waals surface area contributed by atoms with E-state index in [0.29, 0.717) is 6.42 Å². The van der Waals surface area contributed by atoms with E-state index in [0.717, 1.165) is 34.4 Å². The molecule has 0 spiro atoms. The Balaban J connectivity index is 2.00. The van der Waals surface area contributed by atoms with E-state index in [1.54, 1.807) is 0 Å². The first-order chi connectivity index (χ1) is 10.2. The minimum Gasteiger partial charge on any atom is -0.325 e. The Morgan fingerprint density at radius 2 is 1.81 bits per heavy atom. The monoisotopic (exact) mass is 346 g/mol. The lowest BCUT2D eigenvalue weighted by atomic mass is 10.1. The van der Waals surface area contributed by atoms with Gasteiger partial charge in [0.05, 0.1) is 6.42 Å². The maximum Gasteiger partial charge on any atom is 0.228 e. The number of carbonyl (C=O) groups excluding carboxylic acids is 1. The molecule has 0 aliphatic heterocycles. The molecule has 0 atom stereocenters. The Morgan fingerprint density at radius 3 is 2.52 bits per heavy atom. The van der Waals surface area contributed by atoms with E-state index in [1.165, 1.54) is 0 Å². The number of hydrogen-bond donors (Lipinski definition) is 2. The molecule has 0 aliphatic carbocycles. The molecule has 0 radical (unpaired) electrons. The van der Waals surface area contributed by atoms with Gasteiger partial charge in [0, 0.05) is 16.7 Å². The van der Waals surface area contributed by atoms with Crippen LogP contribution in [0.2, 0.25) is 0 Å². The Morgan fingerprint density at radius 1 is 1.10 bits per heavy atom. The van der Waals surface area contributed by atoms with Gasteiger partial charge < -0.3 is 10.6 Å². The summed E-state index contributed by atoms with van der Waals surface area (Å²) in [5.74, 6) is 0.00118. The Bertz CT molecular complexity index is 596. The average Bonchev–Trinajstić information content (AvgIpc) is 2.49. The molecule has 0 saturated heterocycles. The summed E-state index contributed by atoms with van der Waals surface area (Å²) < 4.78 is 1.02. The lowest BCUT2D eigenvalue weighted by molar-refractivity contribution is -0.115. The molecule has 0 aliphatic rings. The van der Waals surface area contributed by atoms with Gasteiger partial charge in [0.1, 0.15) is 0 Å². The third-order valence-corrected chi connectivity index (χ3v) is 3.66. The molecule has 0 bridgehead atoms. The first-order valence-corrected chi connectivity index (χ1v) is 7.81. The van der Waals surface area contributed by atoms with Gasteiger partial charge in [-0.2, -0.15) is 0 Å². The molecule has 2 aromatic carbocycles. The summed E-state index contributed by atoms with van der Waals surface area (Å²) in [6.45, 7) is 3.72. The van der Waals surface area contributed by atoms with E-state index < -0.39 is 0 Å². The number of anilines is 1. The van der Waals surface area contributed by atoms with Crippen LogP contribution in [-0.2, 0) is 17.8 Å². The van der Waals surface area contributed by atoms with Crippen molar-refractivity contribution in [2.75, 3.05) is 11.9 Å². The standard InChI is InChI=1S/C17H19BrN2O/c1-2-19-12-14-5-3-4-6-16(14)20-17(21)11-13-7-9-15(18)10-8-13/h3-10,19H,2,11-12H2,1H3,(H,20,21). The number of carbonyl (C=O) groups is 1. The van der Waals surface area contributed by atoms with E-state index in [9.17, 15) is 4.79 Å². The SMILES string of the molecule is CCNCc1ccccc1NC(=O)Cc1ccc(Br)cc1. The minimum atomic E-state index is 0.00118. The summed E-state index contributed by atoms with van der Waals surface area (Å²) >= 11 is 3.39. The lowest BCUT2D eigenvalue weighted by Gasteiger charge is -2.11. The normalized spacial score (nSPS) is 10.4. The van der Waals surface area contributed by atoms with Crippen LogP contribution >= 0.6 is 15.9 Å². The predicted octanol–water partition coefficient (Wildman–Crippen LogP) is 3.74. The fraction of sp³-hybridized carbons (Fsp3) is 0.235. The summed E-state index contributed by atoms with van der Waals surface area (Å²) in [5.41, 5.74) is 2.98. The second-order valence-corrected chi connectivity index (χ2v) is 5.70. The summed E-state index contributed by atoms with van der Waals surface area (Å²) in [4.78, 5) is 12.1. The molecule has 1 amide bonds. The number of rotatable bonds is 6. The molecule has 0 fully saturated rings. The zero-order chi connectivity index (χ0) is 15.1. The maximum absolute atomic E-state index is 12.1. The molecule has 2 N–H and O–H groups in total. The number of nitrogens with one attached hydrogen (secondary N) is 2. The van der Waals surface area contributed by atoms with Crippen LogP contribution in [0.3, 0.4) is 0 Å².